The molecule has 21 heavy (non-hydrogen) atoms. The molecule has 0 aliphatic carbocycles. The molecule has 7 nitrogen and oxygen atoms in total. The van der Waals surface area contributed by atoms with E-state index >= 15 is 0 Å². The molecule has 0 unspecified atom stereocenters. The minimum absolute atomic E-state index is 0.182. The maximum atomic E-state index is 12.1. The van der Waals surface area contributed by atoms with Gasteiger partial charge < -0.3 is 4.18 Å². The Labute approximate surface area is 120 Å². The van der Waals surface area contributed by atoms with Crippen molar-refractivity contribution in [3.8, 4) is 11.5 Å². The number of para-hydroxylation sites is 1. The van der Waals surface area contributed by atoms with Crippen LogP contribution in [0.4, 0.5) is 5.69 Å². The summed E-state index contributed by atoms with van der Waals surface area (Å²) >= 11 is 0. The molecule has 0 atom stereocenters. The highest BCUT2D eigenvalue weighted by molar-refractivity contribution is 7.87. The second-order valence-corrected chi connectivity index (χ2v) is 5.76. The summed E-state index contributed by atoms with van der Waals surface area (Å²) < 4.78 is 29.0. The monoisotopic (exact) mass is 308 g/mol. The fourth-order valence-corrected chi connectivity index (χ4v) is 2.84. The van der Waals surface area contributed by atoms with Crippen molar-refractivity contribution in [3.05, 3.63) is 58.1 Å². The van der Waals surface area contributed by atoms with E-state index in [0.29, 0.717) is 5.56 Å². The van der Waals surface area contributed by atoms with Crippen LogP contribution in [0.5, 0.6) is 11.5 Å². The molecule has 2 rings (SSSR count). The van der Waals surface area contributed by atoms with Gasteiger partial charge in [0, 0.05) is 12.1 Å². The topological polar surface area (TPSA) is 106 Å². The highest BCUT2D eigenvalue weighted by Crippen LogP contribution is 2.28. The molecule has 0 saturated heterocycles. The predicted octanol–water partition coefficient (Wildman–Crippen LogP) is 2.81. The summed E-state index contributed by atoms with van der Waals surface area (Å²) in [6.45, 7) is 1.60. The minimum Gasteiger partial charge on any atom is -0.379 e. The maximum Gasteiger partial charge on any atom is 0.346 e. The number of hydrogen-bond donors (Lipinski definition) is 0. The van der Waals surface area contributed by atoms with Gasteiger partial charge in [0.25, 0.3) is 5.69 Å². The molecule has 0 N–H and O–H groups in total. The molecular formula is C13H10NO6S. The standard InChI is InChI=1S/C13H10NO6S/c1-9-6-10(15)8-11(7-9)20-21(18,19)13-5-3-2-4-12(13)14(16)17/h2-8H,1H3. The van der Waals surface area contributed by atoms with Gasteiger partial charge in [-0.05, 0) is 30.7 Å². The lowest BCUT2D eigenvalue weighted by Gasteiger charge is -2.08. The number of rotatable bonds is 4. The molecule has 0 aromatic heterocycles. The lowest BCUT2D eigenvalue weighted by molar-refractivity contribution is -0.387. The van der Waals surface area contributed by atoms with E-state index in [1.807, 2.05) is 0 Å². The first-order valence-electron chi connectivity index (χ1n) is 5.76. The smallest absolute Gasteiger partial charge is 0.346 e. The van der Waals surface area contributed by atoms with E-state index in [1.54, 1.807) is 6.92 Å². The molecule has 0 spiro atoms. The molecule has 0 aliphatic rings. The lowest BCUT2D eigenvalue weighted by Crippen LogP contribution is -2.12. The molecule has 0 bridgehead atoms. The summed E-state index contributed by atoms with van der Waals surface area (Å²) in [5.74, 6) is -0.596. The number of hydrogen-bond acceptors (Lipinski definition) is 5. The second-order valence-electron chi connectivity index (χ2n) is 4.24. The van der Waals surface area contributed by atoms with Gasteiger partial charge in [-0.2, -0.15) is 8.42 Å². The van der Waals surface area contributed by atoms with Gasteiger partial charge in [-0.15, -0.1) is 0 Å². The van der Waals surface area contributed by atoms with Crippen LogP contribution >= 0.6 is 0 Å². The van der Waals surface area contributed by atoms with E-state index < -0.39 is 31.4 Å². The summed E-state index contributed by atoms with van der Waals surface area (Å²) in [4.78, 5) is 9.48. The number of benzene rings is 2. The van der Waals surface area contributed by atoms with E-state index in [0.717, 1.165) is 18.2 Å². The van der Waals surface area contributed by atoms with E-state index in [-0.39, 0.29) is 5.75 Å². The largest absolute Gasteiger partial charge is 0.379 e. The normalized spacial score (nSPS) is 11.1. The summed E-state index contributed by atoms with van der Waals surface area (Å²) in [5, 5.41) is 22.2. The van der Waals surface area contributed by atoms with E-state index in [9.17, 15) is 23.6 Å². The summed E-state index contributed by atoms with van der Waals surface area (Å²) in [6, 6.07) is 8.49. The van der Waals surface area contributed by atoms with Gasteiger partial charge in [-0.1, -0.05) is 12.1 Å². The van der Waals surface area contributed by atoms with Gasteiger partial charge >= 0.3 is 10.1 Å². The van der Waals surface area contributed by atoms with Crippen molar-refractivity contribution in [1.29, 1.82) is 0 Å². The van der Waals surface area contributed by atoms with Gasteiger partial charge in [0.1, 0.15) is 5.75 Å². The third kappa shape index (κ3) is 3.29. The van der Waals surface area contributed by atoms with E-state index in [1.165, 1.54) is 24.3 Å². The SMILES string of the molecule is Cc1cc([O])cc(OS(=O)(=O)c2ccccc2[N+](=O)[O-])c1. The Morgan fingerprint density at radius 2 is 1.81 bits per heavy atom. The van der Waals surface area contributed by atoms with Gasteiger partial charge in [0.2, 0.25) is 0 Å². The molecule has 0 amide bonds. The molecule has 2 aromatic rings. The van der Waals surface area contributed by atoms with Crippen LogP contribution < -0.4 is 4.18 Å². The first-order valence-corrected chi connectivity index (χ1v) is 7.17. The fraction of sp³-hybridized carbons (Fsp3) is 0.0769. The highest BCUT2D eigenvalue weighted by Gasteiger charge is 2.27. The summed E-state index contributed by atoms with van der Waals surface area (Å²) in [5.41, 5.74) is -0.0669. The zero-order chi connectivity index (χ0) is 15.6. The summed E-state index contributed by atoms with van der Waals surface area (Å²) in [6.07, 6.45) is 0. The van der Waals surface area contributed by atoms with Crippen molar-refractivity contribution < 1.29 is 22.6 Å². The van der Waals surface area contributed by atoms with Crippen molar-refractivity contribution >= 4 is 15.8 Å². The molecule has 0 aliphatic heterocycles. The third-order valence-electron chi connectivity index (χ3n) is 2.56. The van der Waals surface area contributed by atoms with E-state index in [4.69, 9.17) is 4.18 Å². The lowest BCUT2D eigenvalue weighted by atomic mass is 10.2. The van der Waals surface area contributed by atoms with Crippen molar-refractivity contribution in [3.63, 3.8) is 0 Å². The first-order chi connectivity index (χ1) is 9.79. The van der Waals surface area contributed by atoms with Crippen LogP contribution in [0.1, 0.15) is 5.56 Å². The maximum absolute atomic E-state index is 12.1. The number of nitrogens with zero attached hydrogens (tertiary/aromatic N) is 1. The van der Waals surface area contributed by atoms with E-state index in [2.05, 4.69) is 0 Å². The van der Waals surface area contributed by atoms with Gasteiger partial charge in [-0.25, -0.2) is 0 Å². The molecule has 2 aromatic carbocycles. The van der Waals surface area contributed by atoms with Crippen LogP contribution in [0.2, 0.25) is 0 Å². The van der Waals surface area contributed by atoms with Gasteiger partial charge in [0.05, 0.1) is 4.92 Å². The van der Waals surface area contributed by atoms with Crippen LogP contribution in [-0.2, 0) is 15.2 Å². The predicted molar refractivity (Wildman–Crippen MR) is 72.2 cm³/mol. The Hall–Kier alpha value is -2.61. The molecule has 0 heterocycles. The first kappa shape index (κ1) is 14.8. The third-order valence-corrected chi connectivity index (χ3v) is 3.86. The average Bonchev–Trinajstić information content (AvgIpc) is 2.36. The Morgan fingerprint density at radius 3 is 2.43 bits per heavy atom. The Kier molecular flexibility index (Phi) is 3.81. The van der Waals surface area contributed by atoms with Gasteiger partial charge in [0.15, 0.2) is 10.6 Å². The number of nitro benzene ring substituents is 1. The molecular weight excluding hydrogens is 298 g/mol. The van der Waals surface area contributed by atoms with Crippen LogP contribution in [0.3, 0.4) is 0 Å². The van der Waals surface area contributed by atoms with Gasteiger partial charge in [-0.3, -0.25) is 15.2 Å². The van der Waals surface area contributed by atoms with Crippen LogP contribution in [-0.4, -0.2) is 13.3 Å². The van der Waals surface area contributed by atoms with Crippen LogP contribution in [0, 0.1) is 17.0 Å². The molecule has 1 radical (unpaired) electrons. The molecule has 0 fully saturated rings. The number of aryl methyl sites for hydroxylation is 1. The Bertz CT molecular complexity index is 780. The minimum atomic E-state index is -4.40. The quantitative estimate of drug-likeness (QED) is 0.490. The zero-order valence-electron chi connectivity index (χ0n) is 10.8. The Balaban J connectivity index is 2.46. The molecule has 109 valence electrons. The number of nitro groups is 1. The van der Waals surface area contributed by atoms with Crippen molar-refractivity contribution in [2.75, 3.05) is 0 Å². The Morgan fingerprint density at radius 1 is 1.14 bits per heavy atom. The van der Waals surface area contributed by atoms with Crippen molar-refractivity contribution in [2.45, 2.75) is 11.8 Å². The fourth-order valence-electron chi connectivity index (χ4n) is 1.75. The highest BCUT2D eigenvalue weighted by atomic mass is 32.2. The van der Waals surface area contributed by atoms with Crippen LogP contribution in [0.25, 0.3) is 0 Å². The second kappa shape index (κ2) is 5.41. The average molecular weight is 308 g/mol. The zero-order valence-corrected chi connectivity index (χ0v) is 11.7. The summed E-state index contributed by atoms with van der Waals surface area (Å²) in [7, 11) is -4.40. The van der Waals surface area contributed by atoms with Crippen LogP contribution in [0.15, 0.2) is 47.4 Å². The molecule has 0 saturated carbocycles. The van der Waals surface area contributed by atoms with Crippen molar-refractivity contribution in [1.82, 2.24) is 0 Å². The van der Waals surface area contributed by atoms with Crippen molar-refractivity contribution in [2.24, 2.45) is 0 Å². The molecule has 8 heteroatoms.